The van der Waals surface area contributed by atoms with Crippen LogP contribution in [0.25, 0.3) is 67.1 Å². The Morgan fingerprint density at radius 2 is 0.810 bits per heavy atom. The summed E-state index contributed by atoms with van der Waals surface area (Å²) in [4.78, 5) is 13.0. The minimum Gasteiger partial charge on any atom is -0.358 e. The molecule has 58 heavy (non-hydrogen) atoms. The summed E-state index contributed by atoms with van der Waals surface area (Å²) in [7, 11) is -4.37. The number of aromatic nitrogens is 6. The number of imidazole rings is 4. The number of nitrogens with zero attached hydrogens (tertiary/aromatic N) is 7. The molecule has 2 aliphatic heterocycles. The molecule has 0 bridgehead atoms. The van der Waals surface area contributed by atoms with Gasteiger partial charge in [-0.25, -0.2) is 9.97 Å². The summed E-state index contributed by atoms with van der Waals surface area (Å²) < 4.78 is 9.16. The maximum atomic E-state index is 5.22. The molecule has 13 rings (SSSR count). The van der Waals surface area contributed by atoms with E-state index >= 15 is 0 Å². The first-order valence-corrected chi connectivity index (χ1v) is 25.6. The van der Waals surface area contributed by atoms with E-state index in [0.29, 0.717) is 0 Å². The molecular weight excluding hydrogens is 926 g/mol. The third kappa shape index (κ3) is 4.15. The van der Waals surface area contributed by atoms with Crippen molar-refractivity contribution in [2.24, 2.45) is 0 Å². The van der Waals surface area contributed by atoms with Gasteiger partial charge in [0.15, 0.2) is 0 Å². The van der Waals surface area contributed by atoms with Crippen molar-refractivity contribution < 1.29 is 21.1 Å². The zero-order chi connectivity index (χ0) is 37.9. The molecule has 0 amide bonds. The standard InChI is InChI=1S/C48H35N7Si2.Pt/c1-56(2)42-26-24-30(51-36-18-9-11-20-38(36)54-34-16-7-5-14-32(34)49-47(51)54)28-40(42)53-41-29-31(25-27-43(41)57(3,4)45-23-13-22-44(56)46(45)53)52-37-19-10-12-21-39(37)55-35-17-8-6-15-33(35)50-48(52)55;/h5-27H,1-4H3;/q-2;+2. The maximum absolute atomic E-state index is 5.22. The zero-order valence-electron chi connectivity index (χ0n) is 32.2. The number of hydrogen-bond acceptors (Lipinski definition) is 3. The van der Waals surface area contributed by atoms with Crippen LogP contribution in [0, 0.1) is 12.1 Å². The van der Waals surface area contributed by atoms with Crippen LogP contribution in [0.15, 0.2) is 140 Å². The molecule has 6 heterocycles. The molecule has 0 unspecified atom stereocenters. The van der Waals surface area contributed by atoms with Gasteiger partial charge in [0.1, 0.15) is 0 Å². The molecule has 0 radical (unpaired) electrons. The molecule has 7 nitrogen and oxygen atoms in total. The summed E-state index contributed by atoms with van der Waals surface area (Å²) in [6, 6.07) is 58.7. The Balaban J connectivity index is 0.00000366. The first-order valence-electron chi connectivity index (χ1n) is 19.6. The summed E-state index contributed by atoms with van der Waals surface area (Å²) in [5.74, 6) is 1.78. The molecule has 0 atom stereocenters. The average molecular weight is 961 g/mol. The van der Waals surface area contributed by atoms with E-state index in [2.05, 4.69) is 201 Å². The largest absolute Gasteiger partial charge is 2.00 e. The molecule has 7 aromatic carbocycles. The summed E-state index contributed by atoms with van der Waals surface area (Å²) >= 11 is 0. The van der Waals surface area contributed by atoms with E-state index in [1.54, 1.807) is 0 Å². The Hall–Kier alpha value is -6.00. The molecule has 0 N–H and O–H groups in total. The van der Waals surface area contributed by atoms with Crippen molar-refractivity contribution in [1.29, 1.82) is 0 Å². The zero-order valence-corrected chi connectivity index (χ0v) is 36.5. The summed E-state index contributed by atoms with van der Waals surface area (Å²) in [6.07, 6.45) is 0. The van der Waals surface area contributed by atoms with Gasteiger partial charge in [0.2, 0.25) is 11.6 Å². The monoisotopic (exact) mass is 960 g/mol. The van der Waals surface area contributed by atoms with E-state index in [-0.39, 0.29) is 21.1 Å². The van der Waals surface area contributed by atoms with E-state index in [1.165, 1.54) is 26.4 Å². The Morgan fingerprint density at radius 1 is 0.414 bits per heavy atom. The first kappa shape index (κ1) is 34.1. The van der Waals surface area contributed by atoms with Crippen LogP contribution < -0.4 is 25.6 Å². The van der Waals surface area contributed by atoms with Gasteiger partial charge in [0.05, 0.1) is 60.3 Å². The van der Waals surface area contributed by atoms with Crippen LogP contribution in [0.3, 0.4) is 0 Å². The molecule has 0 aliphatic carbocycles. The van der Waals surface area contributed by atoms with Gasteiger partial charge >= 0.3 is 21.1 Å². The Bertz CT molecular complexity index is 3340. The van der Waals surface area contributed by atoms with Gasteiger partial charge < -0.3 is 14.0 Å². The smallest absolute Gasteiger partial charge is 0.358 e. The summed E-state index contributed by atoms with van der Waals surface area (Å²) in [5, 5.41) is 5.69. The number of benzene rings is 7. The molecule has 0 saturated heterocycles. The topological polar surface area (TPSA) is 47.7 Å². The summed E-state index contributed by atoms with van der Waals surface area (Å²) in [6.45, 7) is 10.0. The van der Waals surface area contributed by atoms with Crippen molar-refractivity contribution in [1.82, 2.24) is 27.9 Å². The van der Waals surface area contributed by atoms with Crippen LogP contribution in [0.4, 0.5) is 17.1 Å². The number of rotatable bonds is 2. The molecule has 0 fully saturated rings. The van der Waals surface area contributed by atoms with Crippen molar-refractivity contribution in [3.8, 4) is 11.4 Å². The van der Waals surface area contributed by atoms with Gasteiger partial charge in [-0.05, 0) is 58.9 Å². The van der Waals surface area contributed by atoms with Gasteiger partial charge in [0, 0.05) is 5.69 Å². The second-order valence-corrected chi connectivity index (χ2v) is 25.3. The molecule has 2 aliphatic rings. The van der Waals surface area contributed by atoms with E-state index in [1.807, 2.05) is 0 Å². The number of hydrogen-bond donors (Lipinski definition) is 0. The van der Waals surface area contributed by atoms with E-state index in [4.69, 9.17) is 9.97 Å². The third-order valence-corrected chi connectivity index (χ3v) is 19.9. The van der Waals surface area contributed by atoms with Crippen LogP contribution in [0.1, 0.15) is 0 Å². The van der Waals surface area contributed by atoms with E-state index < -0.39 is 16.1 Å². The van der Waals surface area contributed by atoms with E-state index in [0.717, 1.165) is 78.4 Å². The molecule has 10 heteroatoms. The quantitative estimate of drug-likeness (QED) is 0.129. The fourth-order valence-electron chi connectivity index (χ4n) is 10.2. The predicted octanol–water partition coefficient (Wildman–Crippen LogP) is 8.52. The molecule has 4 aromatic heterocycles. The summed E-state index contributed by atoms with van der Waals surface area (Å²) in [5.41, 5.74) is 14.1. The van der Waals surface area contributed by atoms with Crippen LogP contribution in [0.2, 0.25) is 26.2 Å². The van der Waals surface area contributed by atoms with Crippen molar-refractivity contribution >= 4 is 110 Å². The maximum Gasteiger partial charge on any atom is 2.00 e. The van der Waals surface area contributed by atoms with Crippen molar-refractivity contribution in [3.05, 3.63) is 152 Å². The Labute approximate surface area is 350 Å². The number of fused-ring (bicyclic) bond motifs is 14. The van der Waals surface area contributed by atoms with Gasteiger partial charge in [-0.2, -0.15) is 12.1 Å². The second kappa shape index (κ2) is 11.6. The Morgan fingerprint density at radius 3 is 1.26 bits per heavy atom. The molecule has 0 saturated carbocycles. The molecule has 0 spiro atoms. The first-order chi connectivity index (χ1) is 27.8. The second-order valence-electron chi connectivity index (χ2n) is 16.6. The minimum atomic E-state index is -2.18. The van der Waals surface area contributed by atoms with E-state index in [9.17, 15) is 0 Å². The normalized spacial score (nSPS) is 15.0. The minimum absolute atomic E-state index is 0. The van der Waals surface area contributed by atoms with Crippen LogP contribution in [-0.4, -0.2) is 44.1 Å². The van der Waals surface area contributed by atoms with Gasteiger partial charge in [0.25, 0.3) is 0 Å². The number of para-hydroxylation sites is 9. The SMILES string of the molecule is C[Si]1(C)c2ccc(-n3c4ccccc4n4c5ccccc5nc34)[c-]c2N2c3[c-]c(-n4c5ccccc5n5c6ccccc6nc45)ccc3[Si](C)(C)c3cccc1c32.[Pt+2]. The van der Waals surface area contributed by atoms with Crippen LogP contribution in [-0.2, 0) is 21.1 Å². The van der Waals surface area contributed by atoms with Gasteiger partial charge in [-0.1, -0.05) is 116 Å². The van der Waals surface area contributed by atoms with Crippen molar-refractivity contribution in [2.75, 3.05) is 4.90 Å². The molecule has 11 aromatic rings. The van der Waals surface area contributed by atoms with Gasteiger partial charge in [-0.3, -0.25) is 8.80 Å². The van der Waals surface area contributed by atoms with Crippen LogP contribution in [0.5, 0.6) is 0 Å². The fraction of sp³-hybridized carbons (Fsp3) is 0.0833. The van der Waals surface area contributed by atoms with Gasteiger partial charge in [-0.15, -0.1) is 34.6 Å². The fourth-order valence-corrected chi connectivity index (χ4v) is 16.1. The number of anilines is 3. The Kier molecular flexibility index (Phi) is 6.80. The van der Waals surface area contributed by atoms with Crippen molar-refractivity contribution in [3.63, 3.8) is 0 Å². The molecule has 280 valence electrons. The van der Waals surface area contributed by atoms with Crippen molar-refractivity contribution in [2.45, 2.75) is 26.2 Å². The predicted molar refractivity (Wildman–Crippen MR) is 238 cm³/mol. The third-order valence-electron chi connectivity index (χ3n) is 12.9. The average Bonchev–Trinajstić information content (AvgIpc) is 3.96. The molecular formula is C48H35N7PtSi2. The van der Waals surface area contributed by atoms with Crippen LogP contribution >= 0.6 is 0 Å².